The second-order valence-corrected chi connectivity index (χ2v) is 6.92. The Morgan fingerprint density at radius 3 is 1.92 bits per heavy atom. The Morgan fingerprint density at radius 1 is 1.08 bits per heavy atom. The molecule has 6 heteroatoms. The Morgan fingerprint density at radius 2 is 1.58 bits per heavy atom. The van der Waals surface area contributed by atoms with Crippen LogP contribution in [0.5, 0.6) is 0 Å². The molecular formula is C6H20K2N2OSi. The number of hydrogen-bond acceptors (Lipinski definition) is 3. The Hall–Kier alpha value is 3.37. The van der Waals surface area contributed by atoms with Crippen LogP contribution in [0.25, 0.3) is 0 Å². The average Bonchev–Trinajstić information content (AvgIpc) is 1.84. The summed E-state index contributed by atoms with van der Waals surface area (Å²) in [4.78, 5) is 9.65. The van der Waals surface area contributed by atoms with Crippen LogP contribution in [-0.4, -0.2) is 129 Å². The van der Waals surface area contributed by atoms with E-state index in [1.807, 2.05) is 6.55 Å². The molecule has 0 aliphatic rings. The van der Waals surface area contributed by atoms with Crippen molar-refractivity contribution in [2.24, 2.45) is 11.5 Å². The van der Waals surface area contributed by atoms with Crippen molar-refractivity contribution in [2.45, 2.75) is 25.1 Å². The molecule has 0 amide bonds. The molecule has 0 aliphatic heterocycles. The summed E-state index contributed by atoms with van der Waals surface area (Å²) < 4.78 is 0. The summed E-state index contributed by atoms with van der Waals surface area (Å²) in [6, 6.07) is 1.69. The Bertz CT molecular complexity index is 95.6. The summed E-state index contributed by atoms with van der Waals surface area (Å²) in [5.74, 6) is 0. The molecule has 0 saturated carbocycles. The van der Waals surface area contributed by atoms with Gasteiger partial charge in [0.25, 0.3) is 0 Å². The Labute approximate surface area is 161 Å². The van der Waals surface area contributed by atoms with Crippen LogP contribution in [0.3, 0.4) is 0 Å². The Balaban J connectivity index is -0.000000405. The molecule has 5 N–H and O–H groups in total. The molecule has 0 heterocycles. The van der Waals surface area contributed by atoms with Gasteiger partial charge < -0.3 is 16.3 Å². The fourth-order valence-corrected chi connectivity index (χ4v) is 2.76. The number of hydrogen-bond donors (Lipinski definition) is 3. The first kappa shape index (κ1) is 20.7. The first-order valence-corrected chi connectivity index (χ1v) is 6.61. The van der Waals surface area contributed by atoms with Gasteiger partial charge >= 0.3 is 103 Å². The monoisotopic (exact) mass is 242 g/mol. The third kappa shape index (κ3) is 13.4. The third-order valence-corrected chi connectivity index (χ3v) is 4.40. The summed E-state index contributed by atoms with van der Waals surface area (Å²) in [7, 11) is -1.93. The molecule has 66 valence electrons. The molecule has 3 nitrogen and oxygen atoms in total. The summed E-state index contributed by atoms with van der Waals surface area (Å²) in [5, 5.41) is 0. The zero-order chi connectivity index (χ0) is 8.04. The van der Waals surface area contributed by atoms with Gasteiger partial charge in [0.2, 0.25) is 0 Å². The predicted molar refractivity (Wildman–Crippen MR) is 60.5 cm³/mol. The van der Waals surface area contributed by atoms with Crippen molar-refractivity contribution in [1.29, 1.82) is 0 Å². The van der Waals surface area contributed by atoms with Crippen LogP contribution in [-0.2, 0) is 0 Å². The van der Waals surface area contributed by atoms with E-state index in [-0.39, 0.29) is 103 Å². The van der Waals surface area contributed by atoms with Crippen molar-refractivity contribution in [2.75, 3.05) is 13.1 Å². The molecule has 0 rings (SSSR count). The third-order valence-electron chi connectivity index (χ3n) is 1.60. The zero-order valence-electron chi connectivity index (χ0n) is 6.64. The van der Waals surface area contributed by atoms with E-state index in [9.17, 15) is 4.80 Å². The fourth-order valence-electron chi connectivity index (χ4n) is 0.919. The van der Waals surface area contributed by atoms with E-state index in [4.69, 9.17) is 11.5 Å². The molecular weight excluding hydrogens is 222 g/mol. The molecule has 12 heavy (non-hydrogen) atoms. The van der Waals surface area contributed by atoms with E-state index in [1.165, 1.54) is 0 Å². The van der Waals surface area contributed by atoms with Gasteiger partial charge in [0.15, 0.2) is 8.32 Å². The molecule has 0 fully saturated rings. The van der Waals surface area contributed by atoms with Crippen LogP contribution in [0, 0.1) is 0 Å². The number of rotatable bonds is 5. The molecule has 0 aliphatic carbocycles. The summed E-state index contributed by atoms with van der Waals surface area (Å²) in [5.41, 5.74) is 10.6. The molecule has 1 atom stereocenters. The standard InChI is InChI=1S/C6H18N2OSi.2K.2H/c1-10(9,6-4-8)5-2-3-7;;;;/h9H,2-8H2,1H3;;;;. The van der Waals surface area contributed by atoms with Crippen LogP contribution in [0.4, 0.5) is 0 Å². The van der Waals surface area contributed by atoms with Gasteiger partial charge in [0.1, 0.15) is 0 Å². The van der Waals surface area contributed by atoms with E-state index in [1.54, 1.807) is 0 Å². The van der Waals surface area contributed by atoms with Gasteiger partial charge in [-0.25, -0.2) is 0 Å². The molecule has 0 aromatic heterocycles. The van der Waals surface area contributed by atoms with Crippen LogP contribution in [0.1, 0.15) is 6.42 Å². The SMILES string of the molecule is C[Si](O)(CCN)CCCN.[KH].[KH]. The van der Waals surface area contributed by atoms with Gasteiger partial charge in [-0.05, 0) is 38.1 Å². The first-order chi connectivity index (χ1) is 4.62. The van der Waals surface area contributed by atoms with Crippen LogP contribution >= 0.6 is 0 Å². The van der Waals surface area contributed by atoms with Crippen molar-refractivity contribution in [3.63, 3.8) is 0 Å². The fraction of sp³-hybridized carbons (Fsp3) is 1.00. The van der Waals surface area contributed by atoms with Crippen LogP contribution < -0.4 is 11.5 Å². The molecule has 0 bridgehead atoms. The molecule has 0 aromatic carbocycles. The van der Waals surface area contributed by atoms with Gasteiger partial charge in [-0.15, -0.1) is 0 Å². The van der Waals surface area contributed by atoms with E-state index >= 15 is 0 Å². The average molecular weight is 243 g/mol. The van der Waals surface area contributed by atoms with Gasteiger partial charge in [0, 0.05) is 0 Å². The van der Waals surface area contributed by atoms with Crippen molar-refractivity contribution < 1.29 is 4.80 Å². The quantitative estimate of drug-likeness (QED) is 0.517. The predicted octanol–water partition coefficient (Wildman–Crippen LogP) is -1.44. The second kappa shape index (κ2) is 12.4. The minimum absolute atomic E-state index is 0. The van der Waals surface area contributed by atoms with E-state index < -0.39 is 8.32 Å². The van der Waals surface area contributed by atoms with Crippen molar-refractivity contribution in [1.82, 2.24) is 0 Å². The topological polar surface area (TPSA) is 72.3 Å². The normalized spacial score (nSPS) is 14.0. The van der Waals surface area contributed by atoms with Crippen LogP contribution in [0.15, 0.2) is 0 Å². The van der Waals surface area contributed by atoms with E-state index in [0.717, 1.165) is 18.5 Å². The van der Waals surface area contributed by atoms with Gasteiger partial charge in [-0.2, -0.15) is 0 Å². The molecule has 1 unspecified atom stereocenters. The molecule has 0 saturated heterocycles. The van der Waals surface area contributed by atoms with Gasteiger partial charge in [-0.3, -0.25) is 0 Å². The van der Waals surface area contributed by atoms with E-state index in [2.05, 4.69) is 0 Å². The van der Waals surface area contributed by atoms with Crippen LogP contribution in [0.2, 0.25) is 18.6 Å². The summed E-state index contributed by atoms with van der Waals surface area (Å²) >= 11 is 0. The number of nitrogens with two attached hydrogens (primary N) is 2. The second-order valence-electron chi connectivity index (χ2n) is 2.93. The zero-order valence-corrected chi connectivity index (χ0v) is 7.64. The van der Waals surface area contributed by atoms with Crippen molar-refractivity contribution >= 4 is 111 Å². The Kier molecular flexibility index (Phi) is 21.5. The maximum absolute atomic E-state index is 9.65. The van der Waals surface area contributed by atoms with Crippen molar-refractivity contribution in [3.05, 3.63) is 0 Å². The first-order valence-electron chi connectivity index (χ1n) is 3.75. The van der Waals surface area contributed by atoms with Gasteiger partial charge in [-0.1, -0.05) is 0 Å². The molecule has 0 radical (unpaired) electrons. The summed E-state index contributed by atoms with van der Waals surface area (Å²) in [6.07, 6.45) is 0.930. The van der Waals surface area contributed by atoms with E-state index in [0.29, 0.717) is 13.1 Å². The molecule has 0 aromatic rings. The molecule has 0 spiro atoms. The summed E-state index contributed by atoms with van der Waals surface area (Å²) in [6.45, 7) is 3.22. The van der Waals surface area contributed by atoms with Gasteiger partial charge in [0.05, 0.1) is 0 Å². The van der Waals surface area contributed by atoms with Crippen molar-refractivity contribution in [3.8, 4) is 0 Å². The minimum atomic E-state index is -1.93. The maximum atomic E-state index is 9.65.